The van der Waals surface area contributed by atoms with Gasteiger partial charge in [0.05, 0.1) is 24.7 Å². The van der Waals surface area contributed by atoms with Crippen LogP contribution in [-0.4, -0.2) is 92.2 Å². The maximum absolute atomic E-state index is 12.5. The van der Waals surface area contributed by atoms with Crippen molar-refractivity contribution in [2.24, 2.45) is 0 Å². The molecular weight excluding hydrogens is 537 g/mol. The van der Waals surface area contributed by atoms with Gasteiger partial charge in [-0.15, -0.1) is 0 Å². The molecule has 4 heterocycles. The lowest BCUT2D eigenvalue weighted by molar-refractivity contribution is -0.192. The smallest absolute Gasteiger partial charge is 0.490 e. The average Bonchev–Trinajstić information content (AvgIpc) is 2.95. The Morgan fingerprint density at radius 2 is 1.80 bits per heavy atom. The molecule has 1 amide bonds. The molecule has 1 fully saturated rings. The van der Waals surface area contributed by atoms with Gasteiger partial charge in [0.2, 0.25) is 0 Å². The molecule has 0 spiro atoms. The first-order valence-corrected chi connectivity index (χ1v) is 12.8. The summed E-state index contributed by atoms with van der Waals surface area (Å²) in [5.41, 5.74) is 1.75. The molecule has 0 unspecified atom stereocenters. The lowest BCUT2D eigenvalue weighted by atomic mass is 10.0. The maximum Gasteiger partial charge on any atom is 0.490 e. The van der Waals surface area contributed by atoms with Crippen LogP contribution in [0.1, 0.15) is 18.5 Å². The van der Waals surface area contributed by atoms with E-state index in [4.69, 9.17) is 28.8 Å². The molecule has 1 saturated heterocycles. The highest BCUT2D eigenvalue weighted by molar-refractivity contribution is 5.98. The molecule has 3 aliphatic rings. The molecule has 40 heavy (non-hydrogen) atoms. The van der Waals surface area contributed by atoms with E-state index in [9.17, 15) is 18.0 Å². The Hall–Kier alpha value is -3.78. The number of ether oxygens (including phenoxy) is 4. The fraction of sp³-hybridized carbons (Fsp3) is 0.500. The summed E-state index contributed by atoms with van der Waals surface area (Å²) in [4.78, 5) is 30.1. The molecule has 0 saturated carbocycles. The molecule has 5 rings (SSSR count). The first-order valence-electron chi connectivity index (χ1n) is 12.8. The number of benzene rings is 1. The van der Waals surface area contributed by atoms with Gasteiger partial charge in [-0.05, 0) is 38.1 Å². The minimum atomic E-state index is -5.08. The van der Waals surface area contributed by atoms with Gasteiger partial charge in [0, 0.05) is 37.8 Å². The van der Waals surface area contributed by atoms with Gasteiger partial charge in [-0.25, -0.2) is 4.79 Å². The van der Waals surface area contributed by atoms with E-state index in [1.54, 1.807) is 13.3 Å². The van der Waals surface area contributed by atoms with E-state index < -0.39 is 12.1 Å². The molecule has 2 aromatic rings. The average molecular weight is 569 g/mol. The van der Waals surface area contributed by atoms with Gasteiger partial charge in [0.1, 0.15) is 24.7 Å². The van der Waals surface area contributed by atoms with Crippen molar-refractivity contribution in [3.05, 3.63) is 36.2 Å². The van der Waals surface area contributed by atoms with Crippen molar-refractivity contribution in [2.45, 2.75) is 31.6 Å². The van der Waals surface area contributed by atoms with Crippen molar-refractivity contribution in [2.75, 3.05) is 58.0 Å². The van der Waals surface area contributed by atoms with Crippen molar-refractivity contribution < 1.29 is 46.8 Å². The number of hydrogen-bond acceptors (Lipinski definition) is 9. The molecule has 14 heteroatoms. The van der Waals surface area contributed by atoms with Gasteiger partial charge in [-0.2, -0.15) is 13.2 Å². The number of likely N-dealkylation sites (tertiary alicyclic amines) is 1. The number of alkyl halides is 3. The Balaban J connectivity index is 0.000000470. The van der Waals surface area contributed by atoms with Crippen LogP contribution < -0.4 is 29.2 Å². The molecule has 1 aromatic carbocycles. The van der Waals surface area contributed by atoms with Crippen molar-refractivity contribution >= 4 is 17.6 Å². The summed E-state index contributed by atoms with van der Waals surface area (Å²) in [5, 5.41) is 10.7. The Bertz CT molecular complexity index is 1190. The predicted octanol–water partition coefficient (Wildman–Crippen LogP) is 2.47. The quantitative estimate of drug-likeness (QED) is 0.515. The predicted molar refractivity (Wildman–Crippen MR) is 136 cm³/mol. The Labute approximate surface area is 228 Å². The third kappa shape index (κ3) is 7.66. The number of nitrogens with zero attached hydrogens (tertiary/aromatic N) is 3. The maximum atomic E-state index is 12.5. The van der Waals surface area contributed by atoms with E-state index in [2.05, 4.69) is 15.2 Å². The van der Waals surface area contributed by atoms with E-state index in [1.165, 1.54) is 0 Å². The standard InChI is InChI=1S/C24H30N4O5.C2HF3O2/c1-30-19-2-3-21-20(13-19)28(24(29)16-33-21)9-8-27-6-4-17(5-7-27)25-14-18-12-22-23(15-26-18)32-11-10-31-22;3-2(4,5)1(6)7/h2-3,12-13,15,17,25H,4-11,14,16H2,1H3;(H,6,7). The van der Waals surface area contributed by atoms with Gasteiger partial charge in [0.25, 0.3) is 5.91 Å². The minimum Gasteiger partial charge on any atom is -0.497 e. The number of methoxy groups -OCH3 is 1. The number of rotatable bonds is 7. The van der Waals surface area contributed by atoms with Crippen LogP contribution in [0.25, 0.3) is 0 Å². The summed E-state index contributed by atoms with van der Waals surface area (Å²) < 4.78 is 53.8. The van der Waals surface area contributed by atoms with Gasteiger partial charge in [-0.3, -0.25) is 9.78 Å². The SMILES string of the molecule is COc1ccc2c(c1)N(CCN1CCC(NCc3cc4c(cn3)OCCO4)CC1)C(=O)CO2.O=C(O)C(F)(F)F. The van der Waals surface area contributed by atoms with E-state index in [0.29, 0.717) is 32.3 Å². The number of piperidine rings is 1. The van der Waals surface area contributed by atoms with Crippen LogP contribution in [0.15, 0.2) is 30.5 Å². The first-order chi connectivity index (χ1) is 19.1. The van der Waals surface area contributed by atoms with Crippen LogP contribution in [0.4, 0.5) is 18.9 Å². The number of carbonyl (C=O) groups excluding carboxylic acids is 1. The fourth-order valence-electron chi connectivity index (χ4n) is 4.49. The normalized spacial score (nSPS) is 17.3. The second kappa shape index (κ2) is 13.0. The van der Waals surface area contributed by atoms with Crippen LogP contribution >= 0.6 is 0 Å². The molecule has 3 aliphatic heterocycles. The Kier molecular flexibility index (Phi) is 9.53. The second-order valence-corrected chi connectivity index (χ2v) is 9.29. The summed E-state index contributed by atoms with van der Waals surface area (Å²) in [6.45, 7) is 5.41. The third-order valence-corrected chi connectivity index (χ3v) is 6.64. The summed E-state index contributed by atoms with van der Waals surface area (Å²) in [7, 11) is 1.62. The fourth-order valence-corrected chi connectivity index (χ4v) is 4.49. The van der Waals surface area contributed by atoms with E-state index in [0.717, 1.165) is 66.9 Å². The number of halogens is 3. The van der Waals surface area contributed by atoms with Crippen molar-refractivity contribution in [1.29, 1.82) is 0 Å². The monoisotopic (exact) mass is 568 g/mol. The summed E-state index contributed by atoms with van der Waals surface area (Å²) in [5.74, 6) is 0.173. The summed E-state index contributed by atoms with van der Waals surface area (Å²) >= 11 is 0. The number of carboxylic acid groups (broad SMARTS) is 1. The number of aliphatic carboxylic acids is 1. The number of aromatic nitrogens is 1. The summed E-state index contributed by atoms with van der Waals surface area (Å²) in [6, 6.07) is 8.00. The second-order valence-electron chi connectivity index (χ2n) is 9.29. The molecule has 0 atom stereocenters. The van der Waals surface area contributed by atoms with Gasteiger partial charge < -0.3 is 39.2 Å². The minimum absolute atomic E-state index is 0.0146. The highest BCUT2D eigenvalue weighted by atomic mass is 19.4. The van der Waals surface area contributed by atoms with Gasteiger partial charge >= 0.3 is 12.1 Å². The molecule has 2 N–H and O–H groups in total. The van der Waals surface area contributed by atoms with E-state index >= 15 is 0 Å². The van der Waals surface area contributed by atoms with Crippen LogP contribution in [0.5, 0.6) is 23.0 Å². The lowest BCUT2D eigenvalue weighted by Crippen LogP contribution is -2.47. The molecule has 11 nitrogen and oxygen atoms in total. The number of carboxylic acids is 1. The van der Waals surface area contributed by atoms with Gasteiger partial charge in [-0.1, -0.05) is 0 Å². The van der Waals surface area contributed by atoms with Crippen LogP contribution in [0.2, 0.25) is 0 Å². The lowest BCUT2D eigenvalue weighted by Gasteiger charge is -2.35. The van der Waals surface area contributed by atoms with Crippen molar-refractivity contribution in [3.8, 4) is 23.0 Å². The molecule has 1 aromatic heterocycles. The van der Waals surface area contributed by atoms with Crippen molar-refractivity contribution in [3.63, 3.8) is 0 Å². The van der Waals surface area contributed by atoms with Gasteiger partial charge in [0.15, 0.2) is 18.1 Å². The van der Waals surface area contributed by atoms with E-state index in [-0.39, 0.29) is 12.5 Å². The topological polar surface area (TPSA) is 123 Å². The van der Waals surface area contributed by atoms with E-state index in [1.807, 2.05) is 29.2 Å². The number of carbonyl (C=O) groups is 2. The first kappa shape index (κ1) is 29.2. The molecule has 0 radical (unpaired) electrons. The number of amides is 1. The zero-order chi connectivity index (χ0) is 28.7. The third-order valence-electron chi connectivity index (χ3n) is 6.64. The van der Waals surface area contributed by atoms with Crippen LogP contribution in [0.3, 0.4) is 0 Å². The zero-order valence-electron chi connectivity index (χ0n) is 21.9. The van der Waals surface area contributed by atoms with Crippen LogP contribution in [0, 0.1) is 0 Å². The summed E-state index contributed by atoms with van der Waals surface area (Å²) in [6.07, 6.45) is -1.22. The van der Waals surface area contributed by atoms with Crippen LogP contribution in [-0.2, 0) is 16.1 Å². The highest BCUT2D eigenvalue weighted by Gasteiger charge is 2.38. The molecule has 218 valence electrons. The number of hydrogen-bond donors (Lipinski definition) is 2. The number of fused-ring (bicyclic) bond motifs is 2. The molecule has 0 bridgehead atoms. The van der Waals surface area contributed by atoms with Crippen molar-refractivity contribution in [1.82, 2.24) is 15.2 Å². The molecule has 0 aliphatic carbocycles. The molecular formula is C26H31F3N4O7. The Morgan fingerprint density at radius 1 is 1.10 bits per heavy atom. The number of nitrogens with one attached hydrogen (secondary N) is 1. The zero-order valence-corrected chi connectivity index (χ0v) is 21.9. The largest absolute Gasteiger partial charge is 0.497 e. The number of anilines is 1. The Morgan fingerprint density at radius 3 is 2.48 bits per heavy atom. The highest BCUT2D eigenvalue weighted by Crippen LogP contribution is 2.35. The number of pyridine rings is 1.